The number of nitriles is 1. The molecule has 2 fully saturated rings. The van der Waals surface area contributed by atoms with Crippen molar-refractivity contribution in [2.75, 3.05) is 39.3 Å². The second-order valence-electron chi connectivity index (χ2n) is 9.53. The molecule has 0 amide bonds. The van der Waals surface area contributed by atoms with Crippen LogP contribution in [-0.2, 0) is 13.1 Å². The molecular weight excluding hydrogens is 392 g/mol. The normalized spacial score (nSPS) is 19.0. The summed E-state index contributed by atoms with van der Waals surface area (Å²) >= 11 is 0. The summed E-state index contributed by atoms with van der Waals surface area (Å²) in [6.45, 7) is 8.94. The van der Waals surface area contributed by atoms with Gasteiger partial charge in [-0.15, -0.1) is 0 Å². The van der Waals surface area contributed by atoms with Crippen LogP contribution in [0.25, 0.3) is 0 Å². The summed E-state index contributed by atoms with van der Waals surface area (Å²) in [5, 5.41) is 9.30. The standard InChI is InChI=1S/C28H38N4/c29-22-26-11-8-12-27(21-26)24-32(28-13-6-1-2-7-14-28)20-19-30-15-17-31(18-16-30)23-25-9-4-3-5-10-25/h3-5,8-12,21,28H,1-2,6-7,13-20,23-24H2. The molecule has 0 atom stereocenters. The van der Waals surface area contributed by atoms with Gasteiger partial charge in [-0.1, -0.05) is 68.1 Å². The molecule has 1 saturated heterocycles. The average Bonchev–Trinajstić information content (AvgIpc) is 3.13. The van der Waals surface area contributed by atoms with Crippen LogP contribution >= 0.6 is 0 Å². The van der Waals surface area contributed by atoms with Crippen molar-refractivity contribution in [2.45, 2.75) is 57.7 Å². The molecule has 4 rings (SSSR count). The van der Waals surface area contributed by atoms with Gasteiger partial charge in [0, 0.05) is 58.4 Å². The van der Waals surface area contributed by atoms with Gasteiger partial charge in [0.15, 0.2) is 0 Å². The lowest BCUT2D eigenvalue weighted by Gasteiger charge is -2.37. The van der Waals surface area contributed by atoms with E-state index in [0.29, 0.717) is 6.04 Å². The largest absolute Gasteiger partial charge is 0.300 e. The van der Waals surface area contributed by atoms with Crippen LogP contribution < -0.4 is 0 Å². The van der Waals surface area contributed by atoms with E-state index in [1.807, 2.05) is 12.1 Å². The number of hydrogen-bond acceptors (Lipinski definition) is 4. The van der Waals surface area contributed by atoms with Crippen LogP contribution in [0.2, 0.25) is 0 Å². The number of benzene rings is 2. The molecule has 2 aromatic carbocycles. The maximum Gasteiger partial charge on any atom is 0.0991 e. The quantitative estimate of drug-likeness (QED) is 0.558. The van der Waals surface area contributed by atoms with Crippen molar-refractivity contribution in [2.24, 2.45) is 0 Å². The molecule has 32 heavy (non-hydrogen) atoms. The Hall–Kier alpha value is -2.19. The average molecular weight is 431 g/mol. The monoisotopic (exact) mass is 430 g/mol. The van der Waals surface area contributed by atoms with Crippen LogP contribution in [0.3, 0.4) is 0 Å². The number of hydrogen-bond donors (Lipinski definition) is 0. The molecule has 1 aliphatic carbocycles. The SMILES string of the molecule is N#Cc1cccc(CN(CCN2CCN(Cc3ccccc3)CC2)C2CCCCCC2)c1. The Balaban J connectivity index is 1.31. The van der Waals surface area contributed by atoms with E-state index in [9.17, 15) is 5.26 Å². The summed E-state index contributed by atoms with van der Waals surface area (Å²) in [5.74, 6) is 0. The van der Waals surface area contributed by atoms with Gasteiger partial charge in [0.05, 0.1) is 11.6 Å². The predicted molar refractivity (Wildman–Crippen MR) is 131 cm³/mol. The Bertz CT molecular complexity index is 843. The molecule has 4 heteroatoms. The van der Waals surface area contributed by atoms with Gasteiger partial charge in [0.2, 0.25) is 0 Å². The second-order valence-corrected chi connectivity index (χ2v) is 9.53. The molecule has 0 unspecified atom stereocenters. The van der Waals surface area contributed by atoms with Crippen molar-refractivity contribution in [1.29, 1.82) is 5.26 Å². The van der Waals surface area contributed by atoms with Gasteiger partial charge < -0.3 is 0 Å². The molecule has 170 valence electrons. The minimum Gasteiger partial charge on any atom is -0.300 e. The van der Waals surface area contributed by atoms with E-state index in [0.717, 1.165) is 57.9 Å². The Morgan fingerprint density at radius 1 is 0.812 bits per heavy atom. The van der Waals surface area contributed by atoms with E-state index >= 15 is 0 Å². The van der Waals surface area contributed by atoms with Crippen LogP contribution in [0.5, 0.6) is 0 Å². The van der Waals surface area contributed by atoms with Crippen LogP contribution in [0, 0.1) is 11.3 Å². The number of piperazine rings is 1. The Morgan fingerprint density at radius 3 is 2.22 bits per heavy atom. The summed E-state index contributed by atoms with van der Waals surface area (Å²) in [6, 6.07) is 22.0. The van der Waals surface area contributed by atoms with Crippen molar-refractivity contribution >= 4 is 0 Å². The summed E-state index contributed by atoms with van der Waals surface area (Å²) in [4.78, 5) is 7.96. The summed E-state index contributed by atoms with van der Waals surface area (Å²) in [7, 11) is 0. The van der Waals surface area contributed by atoms with E-state index in [2.05, 4.69) is 63.2 Å². The van der Waals surface area contributed by atoms with Crippen molar-refractivity contribution in [3.8, 4) is 6.07 Å². The smallest absolute Gasteiger partial charge is 0.0991 e. The Kier molecular flexibility index (Phi) is 8.73. The molecule has 2 aliphatic rings. The molecule has 4 nitrogen and oxygen atoms in total. The molecule has 2 aromatic rings. The van der Waals surface area contributed by atoms with Crippen LogP contribution in [0.1, 0.15) is 55.2 Å². The van der Waals surface area contributed by atoms with Gasteiger partial charge in [0.25, 0.3) is 0 Å². The molecule has 0 aromatic heterocycles. The van der Waals surface area contributed by atoms with Gasteiger partial charge in [-0.25, -0.2) is 0 Å². The van der Waals surface area contributed by atoms with Gasteiger partial charge in [-0.05, 0) is 36.1 Å². The summed E-state index contributed by atoms with van der Waals surface area (Å²) in [6.07, 6.45) is 8.13. The third kappa shape index (κ3) is 6.90. The van der Waals surface area contributed by atoms with Gasteiger partial charge in [-0.3, -0.25) is 14.7 Å². The van der Waals surface area contributed by atoms with E-state index < -0.39 is 0 Å². The zero-order valence-corrected chi connectivity index (χ0v) is 19.5. The first kappa shape index (κ1) is 23.0. The van der Waals surface area contributed by atoms with E-state index in [1.165, 1.54) is 49.7 Å². The van der Waals surface area contributed by atoms with E-state index in [4.69, 9.17) is 0 Å². The van der Waals surface area contributed by atoms with Gasteiger partial charge in [-0.2, -0.15) is 5.26 Å². The maximum absolute atomic E-state index is 9.30. The van der Waals surface area contributed by atoms with Crippen LogP contribution in [0.4, 0.5) is 0 Å². The first-order valence-corrected chi connectivity index (χ1v) is 12.5. The lowest BCUT2D eigenvalue weighted by Crippen LogP contribution is -2.49. The Morgan fingerprint density at radius 2 is 1.50 bits per heavy atom. The fourth-order valence-corrected chi connectivity index (χ4v) is 5.27. The predicted octanol–water partition coefficient (Wildman–Crippen LogP) is 4.90. The first-order chi connectivity index (χ1) is 15.8. The highest BCUT2D eigenvalue weighted by atomic mass is 15.3. The zero-order chi connectivity index (χ0) is 22.0. The van der Waals surface area contributed by atoms with E-state index in [1.54, 1.807) is 0 Å². The lowest BCUT2D eigenvalue weighted by atomic mass is 10.0. The zero-order valence-electron chi connectivity index (χ0n) is 19.5. The molecule has 0 spiro atoms. The summed E-state index contributed by atoms with van der Waals surface area (Å²) < 4.78 is 0. The van der Waals surface area contributed by atoms with Crippen molar-refractivity contribution in [3.05, 3.63) is 71.3 Å². The van der Waals surface area contributed by atoms with Gasteiger partial charge in [0.1, 0.15) is 0 Å². The van der Waals surface area contributed by atoms with Crippen molar-refractivity contribution < 1.29 is 0 Å². The molecule has 1 saturated carbocycles. The number of nitrogens with zero attached hydrogens (tertiary/aromatic N) is 4. The highest BCUT2D eigenvalue weighted by molar-refractivity contribution is 5.32. The Labute approximate surface area is 194 Å². The van der Waals surface area contributed by atoms with Gasteiger partial charge >= 0.3 is 0 Å². The minimum absolute atomic E-state index is 0.683. The topological polar surface area (TPSA) is 33.5 Å². The molecule has 0 N–H and O–H groups in total. The van der Waals surface area contributed by atoms with Crippen LogP contribution in [0.15, 0.2) is 54.6 Å². The molecule has 1 heterocycles. The second kappa shape index (κ2) is 12.2. The fourth-order valence-electron chi connectivity index (χ4n) is 5.27. The van der Waals surface area contributed by atoms with Crippen molar-refractivity contribution in [3.63, 3.8) is 0 Å². The minimum atomic E-state index is 0.683. The van der Waals surface area contributed by atoms with E-state index in [-0.39, 0.29) is 0 Å². The number of rotatable bonds is 8. The third-order valence-corrected chi connectivity index (χ3v) is 7.20. The molecule has 0 bridgehead atoms. The highest BCUT2D eigenvalue weighted by Gasteiger charge is 2.23. The summed E-state index contributed by atoms with van der Waals surface area (Å²) in [5.41, 5.74) is 3.47. The maximum atomic E-state index is 9.30. The third-order valence-electron chi connectivity index (χ3n) is 7.20. The lowest BCUT2D eigenvalue weighted by molar-refractivity contribution is 0.0971. The fraction of sp³-hybridized carbons (Fsp3) is 0.536. The van der Waals surface area contributed by atoms with Crippen LogP contribution in [-0.4, -0.2) is 60.0 Å². The molecule has 0 radical (unpaired) electrons. The van der Waals surface area contributed by atoms with Crippen molar-refractivity contribution in [1.82, 2.24) is 14.7 Å². The molecule has 1 aliphatic heterocycles. The first-order valence-electron chi connectivity index (χ1n) is 12.5. The highest BCUT2D eigenvalue weighted by Crippen LogP contribution is 2.24. The molecular formula is C28H38N4.